The van der Waals surface area contributed by atoms with Crippen molar-refractivity contribution in [3.63, 3.8) is 0 Å². The molecule has 0 radical (unpaired) electrons. The predicted molar refractivity (Wildman–Crippen MR) is 81.3 cm³/mol. The van der Waals surface area contributed by atoms with E-state index < -0.39 is 6.61 Å². The van der Waals surface area contributed by atoms with Gasteiger partial charge in [-0.3, -0.25) is 4.79 Å². The average molecular weight is 303 g/mol. The Labute approximate surface area is 127 Å². The summed E-state index contributed by atoms with van der Waals surface area (Å²) in [6.07, 6.45) is 2.92. The van der Waals surface area contributed by atoms with Crippen molar-refractivity contribution < 1.29 is 18.3 Å². The van der Waals surface area contributed by atoms with Crippen molar-refractivity contribution in [2.24, 2.45) is 0 Å². The fraction of sp³-hybridized carbons (Fsp3) is 0.118. The van der Waals surface area contributed by atoms with E-state index in [2.05, 4.69) is 10.1 Å². The lowest BCUT2D eigenvalue weighted by Crippen LogP contribution is -2.01. The molecule has 1 N–H and O–H groups in total. The number of rotatable bonds is 6. The molecular formula is C17H15F2NO2. The third kappa shape index (κ3) is 4.70. The normalized spacial score (nSPS) is 10.9. The number of allylic oxidation sites excluding steroid dienone is 1. The maximum Gasteiger partial charge on any atom is 0.387 e. The van der Waals surface area contributed by atoms with Gasteiger partial charge in [-0.15, -0.1) is 0 Å². The van der Waals surface area contributed by atoms with Crippen LogP contribution in [0.3, 0.4) is 0 Å². The first-order valence-electron chi connectivity index (χ1n) is 6.63. The summed E-state index contributed by atoms with van der Waals surface area (Å²) in [4.78, 5) is 11.9. The lowest BCUT2D eigenvalue weighted by atomic mass is 10.1. The first-order chi connectivity index (χ1) is 10.5. The van der Waals surface area contributed by atoms with E-state index in [1.807, 2.05) is 19.1 Å². The number of ketones is 1. The second-order valence-electron chi connectivity index (χ2n) is 4.61. The van der Waals surface area contributed by atoms with Gasteiger partial charge in [0, 0.05) is 23.5 Å². The van der Waals surface area contributed by atoms with Crippen LogP contribution in [0, 0.1) is 6.92 Å². The van der Waals surface area contributed by atoms with Crippen molar-refractivity contribution in [1.29, 1.82) is 0 Å². The van der Waals surface area contributed by atoms with Crippen LogP contribution in [-0.2, 0) is 0 Å². The van der Waals surface area contributed by atoms with Gasteiger partial charge in [-0.05, 0) is 31.2 Å². The highest BCUT2D eigenvalue weighted by atomic mass is 19.3. The molecule has 0 spiro atoms. The molecule has 0 saturated carbocycles. The van der Waals surface area contributed by atoms with Crippen molar-refractivity contribution in [3.05, 3.63) is 71.9 Å². The van der Waals surface area contributed by atoms with Gasteiger partial charge in [-0.1, -0.05) is 29.8 Å². The van der Waals surface area contributed by atoms with E-state index in [1.165, 1.54) is 24.4 Å². The Morgan fingerprint density at radius 2 is 1.73 bits per heavy atom. The summed E-state index contributed by atoms with van der Waals surface area (Å²) < 4.78 is 28.3. The van der Waals surface area contributed by atoms with E-state index in [4.69, 9.17) is 0 Å². The number of ether oxygens (including phenoxy) is 1. The first-order valence-corrected chi connectivity index (χ1v) is 6.63. The lowest BCUT2D eigenvalue weighted by Gasteiger charge is -2.05. The SMILES string of the molecule is Cc1ccc(C(=O)C=CNc2ccc(OC(F)F)cc2)cc1. The molecule has 0 unspecified atom stereocenters. The third-order valence-electron chi connectivity index (χ3n) is 2.90. The minimum Gasteiger partial charge on any atom is -0.435 e. The molecule has 0 bridgehead atoms. The summed E-state index contributed by atoms with van der Waals surface area (Å²) in [6.45, 7) is -0.890. The number of aryl methyl sites for hydroxylation is 1. The van der Waals surface area contributed by atoms with Gasteiger partial charge in [-0.25, -0.2) is 0 Å². The highest BCUT2D eigenvalue weighted by molar-refractivity contribution is 6.04. The van der Waals surface area contributed by atoms with Crippen molar-refractivity contribution in [2.45, 2.75) is 13.5 Å². The van der Waals surface area contributed by atoms with Crippen LogP contribution in [0.25, 0.3) is 0 Å². The number of hydrogen-bond acceptors (Lipinski definition) is 3. The van der Waals surface area contributed by atoms with Crippen LogP contribution in [0.2, 0.25) is 0 Å². The smallest absolute Gasteiger partial charge is 0.387 e. The summed E-state index contributed by atoms with van der Waals surface area (Å²) in [6, 6.07) is 13.3. The van der Waals surface area contributed by atoms with Crippen molar-refractivity contribution in [2.75, 3.05) is 5.32 Å². The summed E-state index contributed by atoms with van der Waals surface area (Å²) in [5.41, 5.74) is 2.35. The van der Waals surface area contributed by atoms with E-state index in [0.29, 0.717) is 11.3 Å². The molecule has 0 atom stereocenters. The minimum atomic E-state index is -2.84. The molecule has 0 aliphatic rings. The molecule has 3 nitrogen and oxygen atoms in total. The quantitative estimate of drug-likeness (QED) is 0.635. The molecule has 22 heavy (non-hydrogen) atoms. The molecule has 2 rings (SSSR count). The molecule has 114 valence electrons. The van der Waals surface area contributed by atoms with E-state index in [9.17, 15) is 13.6 Å². The molecule has 5 heteroatoms. The van der Waals surface area contributed by atoms with E-state index >= 15 is 0 Å². The highest BCUT2D eigenvalue weighted by Gasteiger charge is 2.03. The Kier molecular flexibility index (Phi) is 5.25. The molecule has 0 saturated heterocycles. The standard InChI is InChI=1S/C17H15F2NO2/c1-12-2-4-13(5-3-12)16(21)10-11-20-14-6-8-15(9-7-14)22-17(18)19/h2-11,17,20H,1H3. The number of nitrogens with one attached hydrogen (secondary N) is 1. The Hall–Kier alpha value is -2.69. The number of carbonyl (C=O) groups is 1. The summed E-state index contributed by atoms with van der Waals surface area (Å²) >= 11 is 0. The summed E-state index contributed by atoms with van der Waals surface area (Å²) in [7, 11) is 0. The fourth-order valence-electron chi connectivity index (χ4n) is 1.76. The number of benzene rings is 2. The van der Waals surface area contributed by atoms with Gasteiger partial charge in [-0.2, -0.15) is 8.78 Å². The monoisotopic (exact) mass is 303 g/mol. The Balaban J connectivity index is 1.91. The van der Waals surface area contributed by atoms with E-state index in [0.717, 1.165) is 5.56 Å². The van der Waals surface area contributed by atoms with Crippen LogP contribution in [0.4, 0.5) is 14.5 Å². The van der Waals surface area contributed by atoms with Crippen LogP contribution < -0.4 is 10.1 Å². The molecule has 0 heterocycles. The zero-order valence-electron chi connectivity index (χ0n) is 11.9. The van der Waals surface area contributed by atoms with Crippen molar-refractivity contribution >= 4 is 11.5 Å². The molecule has 0 fully saturated rings. The fourth-order valence-corrected chi connectivity index (χ4v) is 1.76. The Bertz CT molecular complexity index is 649. The minimum absolute atomic E-state index is 0.0836. The molecule has 0 aliphatic heterocycles. The maximum atomic E-state index is 12.0. The van der Waals surface area contributed by atoms with Gasteiger partial charge in [0.05, 0.1) is 0 Å². The van der Waals surface area contributed by atoms with Crippen LogP contribution in [0.15, 0.2) is 60.8 Å². The predicted octanol–water partition coefficient (Wildman–Crippen LogP) is 4.40. The zero-order valence-corrected chi connectivity index (χ0v) is 11.9. The first kappa shape index (κ1) is 15.7. The van der Waals surface area contributed by atoms with E-state index in [1.54, 1.807) is 24.3 Å². The summed E-state index contributed by atoms with van der Waals surface area (Å²) in [5, 5.41) is 2.89. The zero-order chi connectivity index (χ0) is 15.9. The highest BCUT2D eigenvalue weighted by Crippen LogP contribution is 2.17. The van der Waals surface area contributed by atoms with Crippen LogP contribution in [0.1, 0.15) is 15.9 Å². The lowest BCUT2D eigenvalue weighted by molar-refractivity contribution is -0.0498. The van der Waals surface area contributed by atoms with Gasteiger partial charge in [0.2, 0.25) is 0 Å². The van der Waals surface area contributed by atoms with Gasteiger partial charge in [0.15, 0.2) is 5.78 Å². The molecule has 0 aromatic heterocycles. The van der Waals surface area contributed by atoms with Crippen LogP contribution in [0.5, 0.6) is 5.75 Å². The largest absolute Gasteiger partial charge is 0.435 e. The van der Waals surface area contributed by atoms with Gasteiger partial charge < -0.3 is 10.1 Å². The number of alkyl halides is 2. The van der Waals surface area contributed by atoms with Gasteiger partial charge in [0.1, 0.15) is 5.75 Å². The van der Waals surface area contributed by atoms with Crippen molar-refractivity contribution in [1.82, 2.24) is 0 Å². The maximum absolute atomic E-state index is 12.0. The average Bonchev–Trinajstić information content (AvgIpc) is 2.49. The third-order valence-corrected chi connectivity index (χ3v) is 2.90. The van der Waals surface area contributed by atoms with E-state index in [-0.39, 0.29) is 11.5 Å². The van der Waals surface area contributed by atoms with Crippen LogP contribution >= 0.6 is 0 Å². The molecule has 0 amide bonds. The number of halogens is 2. The van der Waals surface area contributed by atoms with Crippen molar-refractivity contribution in [3.8, 4) is 5.75 Å². The molecular weight excluding hydrogens is 288 g/mol. The summed E-state index contributed by atoms with van der Waals surface area (Å²) in [5.74, 6) is -0.0367. The second-order valence-corrected chi connectivity index (χ2v) is 4.61. The molecule has 2 aromatic rings. The number of anilines is 1. The molecule has 2 aromatic carbocycles. The topological polar surface area (TPSA) is 38.3 Å². The van der Waals surface area contributed by atoms with Gasteiger partial charge in [0.25, 0.3) is 0 Å². The Morgan fingerprint density at radius 1 is 1.09 bits per heavy atom. The number of carbonyl (C=O) groups excluding carboxylic acids is 1. The molecule has 0 aliphatic carbocycles. The van der Waals surface area contributed by atoms with Gasteiger partial charge >= 0.3 is 6.61 Å². The second kappa shape index (κ2) is 7.36. The Morgan fingerprint density at radius 3 is 2.32 bits per heavy atom. The number of hydrogen-bond donors (Lipinski definition) is 1. The van der Waals surface area contributed by atoms with Crippen LogP contribution in [-0.4, -0.2) is 12.4 Å².